The Hall–Kier alpha value is -1.89. The molecule has 1 aliphatic rings. The second kappa shape index (κ2) is 7.78. The Labute approximate surface area is 159 Å². The number of rotatable bonds is 4. The first-order chi connectivity index (χ1) is 12.3. The summed E-state index contributed by atoms with van der Waals surface area (Å²) in [5.41, 5.74) is 1.56. The van der Waals surface area contributed by atoms with Crippen LogP contribution in [0.5, 0.6) is 0 Å². The predicted molar refractivity (Wildman–Crippen MR) is 102 cm³/mol. The van der Waals surface area contributed by atoms with Crippen LogP contribution in [0.3, 0.4) is 0 Å². The van der Waals surface area contributed by atoms with E-state index in [0.29, 0.717) is 18.7 Å². The Morgan fingerprint density at radius 2 is 1.73 bits per heavy atom. The van der Waals surface area contributed by atoms with Gasteiger partial charge in [-0.15, -0.1) is 0 Å². The first kappa shape index (κ1) is 18.9. The van der Waals surface area contributed by atoms with Crippen molar-refractivity contribution in [3.05, 3.63) is 64.7 Å². The first-order valence-corrected chi connectivity index (χ1v) is 10.7. The van der Waals surface area contributed by atoms with E-state index in [0.717, 1.165) is 36.5 Å². The number of nitrogens with zero attached hydrogens (tertiary/aromatic N) is 2. The minimum absolute atomic E-state index is 0.127. The topological polar surface area (TPSA) is 57.7 Å². The third-order valence-electron chi connectivity index (χ3n) is 4.46. The van der Waals surface area contributed by atoms with Gasteiger partial charge in [0.2, 0.25) is 0 Å². The van der Waals surface area contributed by atoms with E-state index in [2.05, 4.69) is 4.90 Å². The van der Waals surface area contributed by atoms with Crippen LogP contribution in [0.2, 0.25) is 5.02 Å². The average molecular weight is 393 g/mol. The predicted octanol–water partition coefficient (Wildman–Crippen LogP) is 2.70. The minimum atomic E-state index is -3.33. The van der Waals surface area contributed by atoms with E-state index in [1.165, 1.54) is 12.1 Å². The molecule has 1 aliphatic heterocycles. The highest BCUT2D eigenvalue weighted by Gasteiger charge is 2.23. The summed E-state index contributed by atoms with van der Waals surface area (Å²) in [5, 5.41) is 0.724. The fourth-order valence-corrected chi connectivity index (χ4v) is 3.92. The van der Waals surface area contributed by atoms with Gasteiger partial charge in [-0.2, -0.15) is 0 Å². The molecule has 3 rings (SSSR count). The summed E-state index contributed by atoms with van der Waals surface area (Å²) in [4.78, 5) is 16.9. The number of piperazine rings is 1. The molecule has 5 nitrogen and oxygen atoms in total. The summed E-state index contributed by atoms with van der Waals surface area (Å²) < 4.78 is 23.4. The zero-order valence-electron chi connectivity index (χ0n) is 14.6. The van der Waals surface area contributed by atoms with Crippen LogP contribution in [0, 0.1) is 0 Å². The summed E-state index contributed by atoms with van der Waals surface area (Å²) in [6.07, 6.45) is 1.14. The zero-order chi connectivity index (χ0) is 18.7. The summed E-state index contributed by atoms with van der Waals surface area (Å²) in [6.45, 7) is 3.56. The Kier molecular flexibility index (Phi) is 5.65. The molecule has 0 spiro atoms. The average Bonchev–Trinajstić information content (AvgIpc) is 2.61. The molecule has 7 heteroatoms. The van der Waals surface area contributed by atoms with Crippen LogP contribution in [0.4, 0.5) is 0 Å². The van der Waals surface area contributed by atoms with Gasteiger partial charge in [0.05, 0.1) is 4.90 Å². The molecule has 26 heavy (non-hydrogen) atoms. The normalized spacial score (nSPS) is 15.8. The van der Waals surface area contributed by atoms with Gasteiger partial charge in [0.25, 0.3) is 5.91 Å². The van der Waals surface area contributed by atoms with E-state index in [9.17, 15) is 13.2 Å². The van der Waals surface area contributed by atoms with Gasteiger partial charge < -0.3 is 4.90 Å². The van der Waals surface area contributed by atoms with Crippen LogP contribution in [0.1, 0.15) is 15.9 Å². The van der Waals surface area contributed by atoms with Crippen molar-refractivity contribution in [2.75, 3.05) is 32.4 Å². The number of halogens is 1. The Bertz CT molecular complexity index is 907. The fraction of sp³-hybridized carbons (Fsp3) is 0.316. The van der Waals surface area contributed by atoms with Crippen molar-refractivity contribution in [3.63, 3.8) is 0 Å². The number of amides is 1. The lowest BCUT2D eigenvalue weighted by Crippen LogP contribution is -2.48. The van der Waals surface area contributed by atoms with Gasteiger partial charge >= 0.3 is 0 Å². The number of carbonyl (C=O) groups is 1. The van der Waals surface area contributed by atoms with E-state index >= 15 is 0 Å². The first-order valence-electron chi connectivity index (χ1n) is 8.39. The second-order valence-electron chi connectivity index (χ2n) is 6.50. The van der Waals surface area contributed by atoms with Crippen molar-refractivity contribution in [1.82, 2.24) is 9.80 Å². The number of carbonyl (C=O) groups excluding carboxylic acids is 1. The molecule has 0 aliphatic carbocycles. The van der Waals surface area contributed by atoms with Crippen LogP contribution >= 0.6 is 11.6 Å². The second-order valence-corrected chi connectivity index (χ2v) is 8.95. The molecule has 1 saturated heterocycles. The van der Waals surface area contributed by atoms with E-state index < -0.39 is 9.84 Å². The lowest BCUT2D eigenvalue weighted by atomic mass is 10.1. The summed E-state index contributed by atoms with van der Waals surface area (Å²) in [5.74, 6) is -0.127. The largest absolute Gasteiger partial charge is 0.336 e. The van der Waals surface area contributed by atoms with Gasteiger partial charge in [0, 0.05) is 49.6 Å². The van der Waals surface area contributed by atoms with Gasteiger partial charge in [0.15, 0.2) is 9.84 Å². The van der Waals surface area contributed by atoms with Crippen molar-refractivity contribution in [3.8, 4) is 0 Å². The molecule has 0 N–H and O–H groups in total. The van der Waals surface area contributed by atoms with E-state index in [1.807, 2.05) is 24.3 Å². The van der Waals surface area contributed by atoms with Gasteiger partial charge in [-0.25, -0.2) is 8.42 Å². The summed E-state index contributed by atoms with van der Waals surface area (Å²) in [6, 6.07) is 14.0. The van der Waals surface area contributed by atoms with Gasteiger partial charge in [-0.1, -0.05) is 29.8 Å². The number of benzene rings is 2. The zero-order valence-corrected chi connectivity index (χ0v) is 16.1. The molecular formula is C19H21ClN2O3S. The molecule has 0 bridgehead atoms. The van der Waals surface area contributed by atoms with Crippen LogP contribution in [0.15, 0.2) is 53.4 Å². The van der Waals surface area contributed by atoms with Crippen LogP contribution in [-0.2, 0) is 16.4 Å². The van der Waals surface area contributed by atoms with Gasteiger partial charge in [-0.05, 0) is 35.9 Å². The molecule has 138 valence electrons. The van der Waals surface area contributed by atoms with Gasteiger partial charge in [0.1, 0.15) is 0 Å². The molecule has 0 atom stereocenters. The minimum Gasteiger partial charge on any atom is -0.336 e. The third-order valence-corrected chi connectivity index (χ3v) is 5.81. The highest BCUT2D eigenvalue weighted by molar-refractivity contribution is 7.90. The number of sulfone groups is 1. The highest BCUT2D eigenvalue weighted by atomic mass is 35.5. The molecule has 1 amide bonds. The van der Waals surface area contributed by atoms with Crippen molar-refractivity contribution >= 4 is 27.3 Å². The molecule has 0 radical (unpaired) electrons. The molecule has 1 fully saturated rings. The Balaban J connectivity index is 1.62. The molecular weight excluding hydrogens is 372 g/mol. The summed E-state index contributed by atoms with van der Waals surface area (Å²) >= 11 is 6.03. The number of hydrogen-bond acceptors (Lipinski definition) is 4. The van der Waals surface area contributed by atoms with Crippen LogP contribution in [-0.4, -0.2) is 56.6 Å². The summed E-state index contributed by atoms with van der Waals surface area (Å²) in [7, 11) is -3.33. The lowest BCUT2D eigenvalue weighted by Gasteiger charge is -2.34. The van der Waals surface area contributed by atoms with Crippen LogP contribution < -0.4 is 0 Å². The number of hydrogen-bond donors (Lipinski definition) is 0. The maximum atomic E-state index is 12.7. The van der Waals surface area contributed by atoms with E-state index in [1.54, 1.807) is 17.0 Å². The molecule has 0 saturated carbocycles. The van der Waals surface area contributed by atoms with Crippen molar-refractivity contribution in [2.24, 2.45) is 0 Å². The van der Waals surface area contributed by atoms with Crippen molar-refractivity contribution in [1.29, 1.82) is 0 Å². The smallest absolute Gasteiger partial charge is 0.253 e. The van der Waals surface area contributed by atoms with E-state index in [4.69, 9.17) is 11.6 Å². The van der Waals surface area contributed by atoms with E-state index in [-0.39, 0.29) is 10.8 Å². The monoisotopic (exact) mass is 392 g/mol. The molecule has 0 aromatic heterocycles. The third kappa shape index (κ3) is 4.63. The van der Waals surface area contributed by atoms with Crippen LogP contribution in [0.25, 0.3) is 0 Å². The lowest BCUT2D eigenvalue weighted by molar-refractivity contribution is 0.0628. The molecule has 0 unspecified atom stereocenters. The highest BCUT2D eigenvalue weighted by Crippen LogP contribution is 2.17. The van der Waals surface area contributed by atoms with Gasteiger partial charge in [-0.3, -0.25) is 9.69 Å². The quantitative estimate of drug-likeness (QED) is 0.802. The molecule has 2 aromatic carbocycles. The Morgan fingerprint density at radius 1 is 1.04 bits per heavy atom. The molecule has 1 heterocycles. The van der Waals surface area contributed by atoms with Crippen molar-refractivity contribution in [2.45, 2.75) is 11.4 Å². The SMILES string of the molecule is CS(=O)(=O)c1cccc(C(=O)N2CCN(Cc3cccc(Cl)c3)CC2)c1. The maximum absolute atomic E-state index is 12.7. The van der Waals surface area contributed by atoms with Crippen molar-refractivity contribution < 1.29 is 13.2 Å². The molecule has 2 aromatic rings. The standard InChI is InChI=1S/C19H21ClN2O3S/c1-26(24,25)18-7-3-5-16(13-18)19(23)22-10-8-21(9-11-22)14-15-4-2-6-17(20)12-15/h2-7,12-13H,8-11,14H2,1H3. The maximum Gasteiger partial charge on any atom is 0.253 e. The Morgan fingerprint density at radius 3 is 2.38 bits per heavy atom. The fourth-order valence-electron chi connectivity index (χ4n) is 3.04.